The van der Waals surface area contributed by atoms with Crippen LogP contribution < -0.4 is 0 Å². The van der Waals surface area contributed by atoms with Crippen molar-refractivity contribution in [2.45, 2.75) is 51.9 Å². The third-order valence-electron chi connectivity index (χ3n) is 2.92. The van der Waals surface area contributed by atoms with E-state index in [9.17, 15) is 0 Å². The maximum Gasteiger partial charge on any atom is 0.0604 e. The molecule has 0 fully saturated rings. The number of unbranched alkanes of at least 4 members (excludes halogenated alkanes) is 1. The average molecular weight is 195 g/mol. The van der Waals surface area contributed by atoms with E-state index in [-0.39, 0.29) is 0 Å². The lowest BCUT2D eigenvalue weighted by Gasteiger charge is -2.18. The molecule has 1 rings (SSSR count). The van der Waals surface area contributed by atoms with Crippen LogP contribution in [-0.2, 0) is 0 Å². The first kappa shape index (κ1) is 11.3. The van der Waals surface area contributed by atoms with Gasteiger partial charge in [-0.1, -0.05) is 37.1 Å². The quantitative estimate of drug-likeness (QED) is 0.415. The standard InChI is InChI=1S/C12H21NO/c1-2-3-8-11-9-6-4-5-7-10-12(11)13-14/h4-5,11,14H,2-3,6-10H2,1H3/b5-4-,13-12+. The number of allylic oxidation sites excluding steroid dienone is 2. The minimum absolute atomic E-state index is 0.518. The minimum Gasteiger partial charge on any atom is -0.411 e. The van der Waals surface area contributed by atoms with Gasteiger partial charge in [-0.25, -0.2) is 0 Å². The summed E-state index contributed by atoms with van der Waals surface area (Å²) in [5.41, 5.74) is 1.02. The first-order chi connectivity index (χ1) is 6.88. The van der Waals surface area contributed by atoms with Crippen LogP contribution in [0.1, 0.15) is 51.9 Å². The van der Waals surface area contributed by atoms with Gasteiger partial charge in [0.05, 0.1) is 5.71 Å². The number of rotatable bonds is 3. The van der Waals surface area contributed by atoms with E-state index in [2.05, 4.69) is 24.2 Å². The van der Waals surface area contributed by atoms with E-state index in [4.69, 9.17) is 5.21 Å². The van der Waals surface area contributed by atoms with Crippen LogP contribution in [0.4, 0.5) is 0 Å². The molecule has 1 aliphatic carbocycles. The molecule has 0 aromatic carbocycles. The molecule has 0 saturated heterocycles. The first-order valence-corrected chi connectivity index (χ1v) is 5.74. The lowest BCUT2D eigenvalue weighted by atomic mass is 9.88. The summed E-state index contributed by atoms with van der Waals surface area (Å²) in [6.07, 6.45) is 12.4. The average Bonchev–Trinajstić information content (AvgIpc) is 2.17. The highest BCUT2D eigenvalue weighted by atomic mass is 16.4. The molecular weight excluding hydrogens is 174 g/mol. The fourth-order valence-electron chi connectivity index (χ4n) is 2.03. The normalized spacial score (nSPS) is 28.4. The van der Waals surface area contributed by atoms with Gasteiger partial charge in [-0.05, 0) is 32.1 Å². The van der Waals surface area contributed by atoms with Crippen LogP contribution in [0.2, 0.25) is 0 Å². The van der Waals surface area contributed by atoms with Gasteiger partial charge in [0.25, 0.3) is 0 Å². The van der Waals surface area contributed by atoms with Gasteiger partial charge in [-0.2, -0.15) is 0 Å². The van der Waals surface area contributed by atoms with Crippen molar-refractivity contribution in [2.24, 2.45) is 11.1 Å². The molecule has 0 aromatic rings. The SMILES string of the molecule is CCCCC1CC/C=C\CC/C1=N\O. The highest BCUT2D eigenvalue weighted by Gasteiger charge is 2.16. The topological polar surface area (TPSA) is 32.6 Å². The van der Waals surface area contributed by atoms with Gasteiger partial charge in [0, 0.05) is 5.92 Å². The molecule has 0 aliphatic heterocycles. The Morgan fingerprint density at radius 3 is 2.93 bits per heavy atom. The van der Waals surface area contributed by atoms with Crippen molar-refractivity contribution >= 4 is 5.71 Å². The second-order valence-electron chi connectivity index (χ2n) is 4.02. The summed E-state index contributed by atoms with van der Waals surface area (Å²) in [4.78, 5) is 0. The van der Waals surface area contributed by atoms with E-state index >= 15 is 0 Å². The zero-order valence-corrected chi connectivity index (χ0v) is 9.08. The van der Waals surface area contributed by atoms with Crippen LogP contribution in [-0.4, -0.2) is 10.9 Å². The van der Waals surface area contributed by atoms with Gasteiger partial charge < -0.3 is 5.21 Å². The molecule has 1 N–H and O–H groups in total. The van der Waals surface area contributed by atoms with E-state index in [1.807, 2.05) is 0 Å². The van der Waals surface area contributed by atoms with Gasteiger partial charge in [-0.15, -0.1) is 0 Å². The van der Waals surface area contributed by atoms with Gasteiger partial charge in [0.15, 0.2) is 0 Å². The monoisotopic (exact) mass is 195 g/mol. The number of hydrogen-bond acceptors (Lipinski definition) is 2. The Balaban J connectivity index is 2.52. The summed E-state index contributed by atoms with van der Waals surface area (Å²) in [7, 11) is 0. The van der Waals surface area contributed by atoms with Crippen LogP contribution in [0.5, 0.6) is 0 Å². The zero-order valence-electron chi connectivity index (χ0n) is 9.08. The van der Waals surface area contributed by atoms with Crippen molar-refractivity contribution in [2.75, 3.05) is 0 Å². The fraction of sp³-hybridized carbons (Fsp3) is 0.750. The summed E-state index contributed by atoms with van der Waals surface area (Å²) in [5, 5.41) is 12.4. The summed E-state index contributed by atoms with van der Waals surface area (Å²) < 4.78 is 0. The number of oxime groups is 1. The highest BCUT2D eigenvalue weighted by molar-refractivity contribution is 5.86. The Morgan fingerprint density at radius 1 is 1.43 bits per heavy atom. The molecule has 1 aliphatic rings. The van der Waals surface area contributed by atoms with Gasteiger partial charge in [-0.3, -0.25) is 0 Å². The molecule has 0 aromatic heterocycles. The highest BCUT2D eigenvalue weighted by Crippen LogP contribution is 2.21. The molecule has 80 valence electrons. The molecule has 0 radical (unpaired) electrons. The minimum atomic E-state index is 0.518. The fourth-order valence-corrected chi connectivity index (χ4v) is 2.03. The Labute approximate surface area is 86.7 Å². The van der Waals surface area contributed by atoms with E-state index in [1.165, 1.54) is 19.3 Å². The summed E-state index contributed by atoms with van der Waals surface area (Å²) in [6.45, 7) is 2.21. The van der Waals surface area contributed by atoms with E-state index in [1.54, 1.807) is 0 Å². The predicted octanol–water partition coefficient (Wildman–Crippen LogP) is 3.75. The number of nitrogens with zero attached hydrogens (tertiary/aromatic N) is 1. The van der Waals surface area contributed by atoms with Crippen molar-refractivity contribution in [3.8, 4) is 0 Å². The molecule has 2 heteroatoms. The Kier molecular flexibility index (Phi) is 5.35. The van der Waals surface area contributed by atoms with E-state index in [0.29, 0.717) is 5.92 Å². The maximum absolute atomic E-state index is 8.94. The van der Waals surface area contributed by atoms with Crippen LogP contribution in [0, 0.1) is 5.92 Å². The van der Waals surface area contributed by atoms with Crippen LogP contribution in [0.25, 0.3) is 0 Å². The Bertz CT molecular complexity index is 208. The first-order valence-electron chi connectivity index (χ1n) is 5.74. The third kappa shape index (κ3) is 3.52. The van der Waals surface area contributed by atoms with Crippen molar-refractivity contribution in [3.63, 3.8) is 0 Å². The zero-order chi connectivity index (χ0) is 10.2. The smallest absolute Gasteiger partial charge is 0.0604 e. The molecular formula is C12H21NO. The largest absolute Gasteiger partial charge is 0.411 e. The van der Waals surface area contributed by atoms with E-state index < -0.39 is 0 Å². The van der Waals surface area contributed by atoms with Gasteiger partial charge in [0.1, 0.15) is 0 Å². The van der Waals surface area contributed by atoms with Crippen molar-refractivity contribution in [1.82, 2.24) is 0 Å². The molecule has 0 bridgehead atoms. The summed E-state index contributed by atoms with van der Waals surface area (Å²) in [6, 6.07) is 0. The van der Waals surface area contributed by atoms with Gasteiger partial charge >= 0.3 is 0 Å². The van der Waals surface area contributed by atoms with Crippen molar-refractivity contribution in [1.29, 1.82) is 0 Å². The molecule has 1 atom stereocenters. The summed E-state index contributed by atoms with van der Waals surface area (Å²) >= 11 is 0. The molecule has 1 unspecified atom stereocenters. The van der Waals surface area contributed by atoms with Crippen LogP contribution in [0.15, 0.2) is 17.3 Å². The van der Waals surface area contributed by atoms with Crippen molar-refractivity contribution < 1.29 is 5.21 Å². The molecule has 2 nitrogen and oxygen atoms in total. The second kappa shape index (κ2) is 6.63. The molecule has 0 spiro atoms. The molecule has 14 heavy (non-hydrogen) atoms. The Hall–Kier alpha value is -0.790. The van der Waals surface area contributed by atoms with Gasteiger partial charge in [0.2, 0.25) is 0 Å². The molecule has 0 heterocycles. The lowest BCUT2D eigenvalue weighted by Crippen LogP contribution is -2.15. The second-order valence-corrected chi connectivity index (χ2v) is 4.02. The Morgan fingerprint density at radius 2 is 2.21 bits per heavy atom. The van der Waals surface area contributed by atoms with Crippen molar-refractivity contribution in [3.05, 3.63) is 12.2 Å². The molecule has 0 amide bonds. The lowest BCUT2D eigenvalue weighted by molar-refractivity contribution is 0.311. The van der Waals surface area contributed by atoms with E-state index in [0.717, 1.165) is 31.4 Å². The maximum atomic E-state index is 8.94. The number of hydrogen-bond donors (Lipinski definition) is 1. The van der Waals surface area contributed by atoms with Crippen LogP contribution in [0.3, 0.4) is 0 Å². The van der Waals surface area contributed by atoms with Crippen LogP contribution >= 0.6 is 0 Å². The molecule has 0 saturated carbocycles. The third-order valence-corrected chi connectivity index (χ3v) is 2.92. The predicted molar refractivity (Wildman–Crippen MR) is 59.8 cm³/mol. The summed E-state index contributed by atoms with van der Waals surface area (Å²) in [5.74, 6) is 0.518.